The van der Waals surface area contributed by atoms with Gasteiger partial charge >= 0.3 is 0 Å². The predicted molar refractivity (Wildman–Crippen MR) is 101 cm³/mol. The van der Waals surface area contributed by atoms with Gasteiger partial charge in [0.25, 0.3) is 5.91 Å². The van der Waals surface area contributed by atoms with Gasteiger partial charge in [0.05, 0.1) is 18.3 Å². The Morgan fingerprint density at radius 1 is 1.19 bits per heavy atom. The molecule has 130 valence electrons. The van der Waals surface area contributed by atoms with Gasteiger partial charge in [-0.1, -0.05) is 46.3 Å². The lowest BCUT2D eigenvalue weighted by Crippen LogP contribution is -2.22. The monoisotopic (exact) mass is 410 g/mol. The van der Waals surface area contributed by atoms with Crippen molar-refractivity contribution >= 4 is 27.7 Å². The smallest absolute Gasteiger partial charge is 0.263 e. The summed E-state index contributed by atoms with van der Waals surface area (Å²) in [6, 6.07) is 18.4. The predicted octanol–water partition coefficient (Wildman–Crippen LogP) is 3.58. The van der Waals surface area contributed by atoms with E-state index in [2.05, 4.69) is 26.3 Å². The van der Waals surface area contributed by atoms with Crippen LogP contribution in [0.5, 0.6) is 5.75 Å². The van der Waals surface area contributed by atoms with Crippen LogP contribution in [0.15, 0.2) is 65.3 Å². The maximum atomic E-state index is 12.2. The molecule has 7 heteroatoms. The van der Waals surface area contributed by atoms with Crippen molar-refractivity contribution in [3.8, 4) is 11.8 Å². The first-order valence-corrected chi connectivity index (χ1v) is 8.63. The van der Waals surface area contributed by atoms with E-state index in [1.165, 1.54) is 0 Å². The highest BCUT2D eigenvalue weighted by atomic mass is 79.9. The molecule has 6 nitrogen and oxygen atoms in total. The van der Waals surface area contributed by atoms with Crippen molar-refractivity contribution in [2.75, 3.05) is 11.9 Å². The average Bonchev–Trinajstić information content (AvgIpc) is 3.08. The standard InChI is InChI=1S/C19H15BrN4O2/c20-16-7-3-1-6-15(16)12-24-18(9-10-22-24)23-19(25)13-26-17-8-4-2-5-14(17)11-21/h1-10H,12-13H2,(H,23,25). The zero-order valence-corrected chi connectivity index (χ0v) is 15.3. The van der Waals surface area contributed by atoms with E-state index in [1.807, 2.05) is 30.3 Å². The minimum Gasteiger partial charge on any atom is -0.482 e. The van der Waals surface area contributed by atoms with Crippen molar-refractivity contribution in [3.63, 3.8) is 0 Å². The van der Waals surface area contributed by atoms with Crippen LogP contribution < -0.4 is 10.1 Å². The lowest BCUT2D eigenvalue weighted by atomic mass is 10.2. The normalized spacial score (nSPS) is 10.2. The first-order valence-electron chi connectivity index (χ1n) is 7.84. The van der Waals surface area contributed by atoms with Crippen molar-refractivity contribution in [3.05, 3.63) is 76.4 Å². The number of aromatic nitrogens is 2. The number of nitrogens with one attached hydrogen (secondary N) is 1. The molecule has 0 spiro atoms. The number of hydrogen-bond donors (Lipinski definition) is 1. The SMILES string of the molecule is N#Cc1ccccc1OCC(=O)Nc1ccnn1Cc1ccccc1Br. The van der Waals surface area contributed by atoms with Gasteiger partial charge in [-0.05, 0) is 23.8 Å². The molecule has 0 aliphatic rings. The number of halogens is 1. The highest BCUT2D eigenvalue weighted by Crippen LogP contribution is 2.19. The Balaban J connectivity index is 1.63. The summed E-state index contributed by atoms with van der Waals surface area (Å²) >= 11 is 3.51. The van der Waals surface area contributed by atoms with Gasteiger partial charge in [-0.25, -0.2) is 4.68 Å². The number of amides is 1. The Morgan fingerprint density at radius 3 is 2.77 bits per heavy atom. The van der Waals surface area contributed by atoms with Crippen LogP contribution in [0.3, 0.4) is 0 Å². The summed E-state index contributed by atoms with van der Waals surface area (Å²) in [6.07, 6.45) is 1.62. The molecular formula is C19H15BrN4O2. The number of benzene rings is 2. The molecule has 3 rings (SSSR count). The van der Waals surface area contributed by atoms with Gasteiger partial charge in [0.1, 0.15) is 17.6 Å². The molecule has 2 aromatic carbocycles. The van der Waals surface area contributed by atoms with Crippen LogP contribution in [-0.2, 0) is 11.3 Å². The molecule has 0 saturated heterocycles. The molecule has 1 N–H and O–H groups in total. The summed E-state index contributed by atoms with van der Waals surface area (Å²) in [7, 11) is 0. The molecule has 0 bridgehead atoms. The van der Waals surface area contributed by atoms with Gasteiger partial charge in [0.15, 0.2) is 6.61 Å². The maximum Gasteiger partial charge on any atom is 0.263 e. The molecule has 1 aromatic heterocycles. The van der Waals surface area contributed by atoms with Crippen molar-refractivity contribution in [1.29, 1.82) is 5.26 Å². The summed E-state index contributed by atoms with van der Waals surface area (Å²) in [5.74, 6) is 0.626. The molecule has 0 radical (unpaired) electrons. The van der Waals surface area contributed by atoms with E-state index < -0.39 is 0 Å². The Kier molecular flexibility index (Phi) is 5.66. The number of para-hydroxylation sites is 1. The lowest BCUT2D eigenvalue weighted by Gasteiger charge is -2.11. The number of anilines is 1. The van der Waals surface area contributed by atoms with Crippen LogP contribution in [0.25, 0.3) is 0 Å². The van der Waals surface area contributed by atoms with E-state index >= 15 is 0 Å². The number of hydrogen-bond acceptors (Lipinski definition) is 4. The second-order valence-electron chi connectivity index (χ2n) is 5.41. The highest BCUT2D eigenvalue weighted by Gasteiger charge is 2.11. The number of nitriles is 1. The van der Waals surface area contributed by atoms with Crippen molar-refractivity contribution in [2.24, 2.45) is 0 Å². The minimum atomic E-state index is -0.327. The van der Waals surface area contributed by atoms with Crippen LogP contribution >= 0.6 is 15.9 Å². The second kappa shape index (κ2) is 8.32. The zero-order valence-electron chi connectivity index (χ0n) is 13.7. The number of rotatable bonds is 6. The van der Waals surface area contributed by atoms with Crippen LogP contribution in [0.2, 0.25) is 0 Å². The topological polar surface area (TPSA) is 79.9 Å². The quantitative estimate of drug-likeness (QED) is 0.673. The molecule has 1 heterocycles. The summed E-state index contributed by atoms with van der Waals surface area (Å²) in [5, 5.41) is 16.1. The van der Waals surface area contributed by atoms with Gasteiger partial charge in [0, 0.05) is 10.5 Å². The Morgan fingerprint density at radius 2 is 1.96 bits per heavy atom. The third kappa shape index (κ3) is 4.29. The fraction of sp³-hybridized carbons (Fsp3) is 0.105. The molecule has 3 aromatic rings. The van der Waals surface area contributed by atoms with Gasteiger partial charge in [-0.15, -0.1) is 0 Å². The third-order valence-corrected chi connectivity index (χ3v) is 4.40. The zero-order chi connectivity index (χ0) is 18.4. The largest absolute Gasteiger partial charge is 0.482 e. The molecule has 0 unspecified atom stereocenters. The Labute approximate surface area is 159 Å². The van der Waals surface area contributed by atoms with Gasteiger partial charge < -0.3 is 10.1 Å². The molecular weight excluding hydrogens is 396 g/mol. The van der Waals surface area contributed by atoms with Crippen molar-refractivity contribution < 1.29 is 9.53 Å². The molecule has 26 heavy (non-hydrogen) atoms. The van der Waals surface area contributed by atoms with Gasteiger partial charge in [-0.3, -0.25) is 4.79 Å². The Hall–Kier alpha value is -3.11. The van der Waals surface area contributed by atoms with Crippen molar-refractivity contribution in [1.82, 2.24) is 9.78 Å². The van der Waals surface area contributed by atoms with Crippen LogP contribution in [0.1, 0.15) is 11.1 Å². The summed E-state index contributed by atoms with van der Waals surface area (Å²) in [5.41, 5.74) is 1.44. The van der Waals surface area contributed by atoms with E-state index in [-0.39, 0.29) is 12.5 Å². The lowest BCUT2D eigenvalue weighted by molar-refractivity contribution is -0.118. The highest BCUT2D eigenvalue weighted by molar-refractivity contribution is 9.10. The van der Waals surface area contributed by atoms with Gasteiger partial charge in [-0.2, -0.15) is 10.4 Å². The fourth-order valence-electron chi connectivity index (χ4n) is 2.36. The number of carbonyl (C=O) groups excluding carboxylic acids is 1. The minimum absolute atomic E-state index is 0.196. The maximum absolute atomic E-state index is 12.2. The van der Waals surface area contributed by atoms with E-state index in [0.29, 0.717) is 23.7 Å². The van der Waals surface area contributed by atoms with E-state index in [0.717, 1.165) is 10.0 Å². The third-order valence-electron chi connectivity index (χ3n) is 3.63. The Bertz CT molecular complexity index is 962. The molecule has 0 aliphatic carbocycles. The first kappa shape index (κ1) is 17.7. The fourth-order valence-corrected chi connectivity index (χ4v) is 2.77. The molecule has 0 fully saturated rings. The average molecular weight is 411 g/mol. The van der Waals surface area contributed by atoms with E-state index in [9.17, 15) is 4.79 Å². The first-order chi connectivity index (χ1) is 12.7. The van der Waals surface area contributed by atoms with Gasteiger partial charge in [0.2, 0.25) is 0 Å². The van der Waals surface area contributed by atoms with Crippen LogP contribution in [0, 0.1) is 11.3 Å². The number of ether oxygens (including phenoxy) is 1. The van der Waals surface area contributed by atoms with Crippen LogP contribution in [-0.4, -0.2) is 22.3 Å². The van der Waals surface area contributed by atoms with Crippen molar-refractivity contribution in [2.45, 2.75) is 6.54 Å². The summed E-state index contributed by atoms with van der Waals surface area (Å²) in [4.78, 5) is 12.2. The van der Waals surface area contributed by atoms with E-state index in [4.69, 9.17) is 10.00 Å². The molecule has 0 atom stereocenters. The number of carbonyl (C=O) groups is 1. The summed E-state index contributed by atoms with van der Waals surface area (Å²) < 4.78 is 8.12. The molecule has 1 amide bonds. The number of nitrogens with zero attached hydrogens (tertiary/aromatic N) is 3. The van der Waals surface area contributed by atoms with Crippen LogP contribution in [0.4, 0.5) is 5.82 Å². The van der Waals surface area contributed by atoms with E-state index in [1.54, 1.807) is 41.2 Å². The molecule has 0 aliphatic heterocycles. The summed E-state index contributed by atoms with van der Waals surface area (Å²) in [6.45, 7) is 0.321. The molecule has 0 saturated carbocycles. The second-order valence-corrected chi connectivity index (χ2v) is 6.26.